The molecule has 3 heteroatoms. The normalized spacial score (nSPS) is 34.6. The molecule has 104 valence electrons. The lowest BCUT2D eigenvalue weighted by molar-refractivity contribution is -0.922. The van der Waals surface area contributed by atoms with E-state index in [1.165, 1.54) is 12.8 Å². The first-order valence-electron chi connectivity index (χ1n) is 6.75. The summed E-state index contributed by atoms with van der Waals surface area (Å²) in [5.41, 5.74) is -0.481. The van der Waals surface area contributed by atoms with Crippen LogP contribution in [0, 0.1) is 11.8 Å². The topological polar surface area (TPSA) is 20.2 Å². The Morgan fingerprint density at radius 3 is 2.29 bits per heavy atom. The molecule has 1 rings (SSSR count). The van der Waals surface area contributed by atoms with Crippen LogP contribution in [0.1, 0.15) is 47.0 Å². The summed E-state index contributed by atoms with van der Waals surface area (Å²) in [7, 11) is 4.50. The first-order chi connectivity index (χ1) is 7.20. The first-order valence-corrected chi connectivity index (χ1v) is 6.75. The van der Waals surface area contributed by atoms with Crippen molar-refractivity contribution < 1.29 is 26.6 Å². The lowest BCUT2D eigenvalue weighted by Gasteiger charge is -2.49. The van der Waals surface area contributed by atoms with Crippen molar-refractivity contribution in [3.05, 3.63) is 0 Å². The fourth-order valence-corrected chi connectivity index (χ4v) is 3.17. The van der Waals surface area contributed by atoms with Gasteiger partial charge in [-0.2, -0.15) is 0 Å². The van der Waals surface area contributed by atoms with Gasteiger partial charge in [-0.1, -0.05) is 13.8 Å². The first kappa shape index (κ1) is 17.4. The standard InChI is InChI=1S/C14H30NO.BrH/c1-7-15(5,6)13-10-12(11(2)3)8-9-14(13,4)16;/h11-13,16H,7-10H2,1-6H3;1H/q+1;/p-1. The van der Waals surface area contributed by atoms with Gasteiger partial charge in [0.15, 0.2) is 0 Å². The van der Waals surface area contributed by atoms with Crippen molar-refractivity contribution in [1.82, 2.24) is 0 Å². The van der Waals surface area contributed by atoms with Gasteiger partial charge in [-0.05, 0) is 38.5 Å². The fraction of sp³-hybridized carbons (Fsp3) is 1.00. The Hall–Kier alpha value is 0.400. The van der Waals surface area contributed by atoms with Crippen molar-refractivity contribution in [3.8, 4) is 0 Å². The minimum atomic E-state index is -0.481. The summed E-state index contributed by atoms with van der Waals surface area (Å²) in [4.78, 5) is 0. The molecule has 0 amide bonds. The van der Waals surface area contributed by atoms with Gasteiger partial charge in [0.1, 0.15) is 11.6 Å². The van der Waals surface area contributed by atoms with Crippen LogP contribution < -0.4 is 17.0 Å². The van der Waals surface area contributed by atoms with E-state index in [1.54, 1.807) is 0 Å². The Morgan fingerprint density at radius 1 is 1.35 bits per heavy atom. The lowest BCUT2D eigenvalue weighted by atomic mass is 9.71. The molecule has 1 saturated carbocycles. The molecule has 2 nitrogen and oxygen atoms in total. The smallest absolute Gasteiger partial charge is 0.118 e. The maximum atomic E-state index is 10.6. The van der Waals surface area contributed by atoms with Gasteiger partial charge in [0, 0.05) is 6.42 Å². The minimum Gasteiger partial charge on any atom is -1.00 e. The largest absolute Gasteiger partial charge is 1.00 e. The predicted molar refractivity (Wildman–Crippen MR) is 69.2 cm³/mol. The molecule has 3 unspecified atom stereocenters. The Kier molecular flexibility index (Phi) is 6.17. The summed E-state index contributed by atoms with van der Waals surface area (Å²) in [5.74, 6) is 1.53. The van der Waals surface area contributed by atoms with E-state index in [1.807, 2.05) is 6.92 Å². The van der Waals surface area contributed by atoms with Gasteiger partial charge in [-0.15, -0.1) is 0 Å². The molecule has 1 fully saturated rings. The Labute approximate surface area is 118 Å². The molecule has 0 radical (unpaired) electrons. The molecule has 1 aliphatic rings. The maximum absolute atomic E-state index is 10.6. The van der Waals surface area contributed by atoms with Crippen LogP contribution in [0.2, 0.25) is 0 Å². The third-order valence-electron chi connectivity index (χ3n) is 4.87. The van der Waals surface area contributed by atoms with Crippen LogP contribution in [0.25, 0.3) is 0 Å². The number of hydrogen-bond acceptors (Lipinski definition) is 1. The third kappa shape index (κ3) is 3.93. The second kappa shape index (κ2) is 6.03. The number of hydrogen-bond donors (Lipinski definition) is 1. The van der Waals surface area contributed by atoms with Crippen LogP contribution >= 0.6 is 0 Å². The van der Waals surface area contributed by atoms with Gasteiger partial charge in [0.05, 0.1) is 20.6 Å². The zero-order chi connectivity index (χ0) is 12.6. The van der Waals surface area contributed by atoms with Gasteiger partial charge < -0.3 is 26.6 Å². The van der Waals surface area contributed by atoms with Gasteiger partial charge >= 0.3 is 0 Å². The zero-order valence-electron chi connectivity index (χ0n) is 12.3. The number of nitrogens with zero attached hydrogens (tertiary/aromatic N) is 1. The summed E-state index contributed by atoms with van der Waals surface area (Å²) < 4.78 is 0.941. The van der Waals surface area contributed by atoms with Crippen molar-refractivity contribution in [1.29, 1.82) is 0 Å². The summed E-state index contributed by atoms with van der Waals surface area (Å²) in [6.07, 6.45) is 3.32. The molecule has 0 aromatic heterocycles. The van der Waals surface area contributed by atoms with Crippen LogP contribution in [-0.4, -0.2) is 41.9 Å². The zero-order valence-corrected chi connectivity index (χ0v) is 13.9. The molecule has 3 atom stereocenters. The van der Waals surface area contributed by atoms with Crippen molar-refractivity contribution in [2.75, 3.05) is 20.6 Å². The van der Waals surface area contributed by atoms with Gasteiger partial charge in [-0.3, -0.25) is 0 Å². The molecule has 0 aromatic rings. The molecule has 0 heterocycles. The molecular weight excluding hydrogens is 278 g/mol. The predicted octanol–water partition coefficient (Wildman–Crippen LogP) is -0.338. The summed E-state index contributed by atoms with van der Waals surface area (Å²) in [6.45, 7) is 9.96. The van der Waals surface area contributed by atoms with Crippen LogP contribution in [0.3, 0.4) is 0 Å². The summed E-state index contributed by atoms with van der Waals surface area (Å²) in [5, 5.41) is 10.6. The third-order valence-corrected chi connectivity index (χ3v) is 4.87. The monoisotopic (exact) mass is 307 g/mol. The number of quaternary nitrogens is 1. The number of rotatable bonds is 3. The van der Waals surface area contributed by atoms with Crippen molar-refractivity contribution in [3.63, 3.8) is 0 Å². The number of aliphatic hydroxyl groups is 1. The second-order valence-corrected chi connectivity index (χ2v) is 6.75. The van der Waals surface area contributed by atoms with Crippen molar-refractivity contribution in [2.24, 2.45) is 11.8 Å². The lowest BCUT2D eigenvalue weighted by Crippen LogP contribution is -3.00. The van der Waals surface area contributed by atoms with Gasteiger partial charge in [-0.25, -0.2) is 0 Å². The SMILES string of the molecule is CC[N+](C)(C)C1CC(C(C)C)CCC1(C)O.[Br-]. The van der Waals surface area contributed by atoms with E-state index >= 15 is 0 Å². The molecule has 1 N–H and O–H groups in total. The van der Waals surface area contributed by atoms with Crippen molar-refractivity contribution >= 4 is 0 Å². The van der Waals surface area contributed by atoms with Crippen LogP contribution in [0.4, 0.5) is 0 Å². The summed E-state index contributed by atoms with van der Waals surface area (Å²) >= 11 is 0. The van der Waals surface area contributed by atoms with E-state index in [0.717, 1.165) is 29.3 Å². The summed E-state index contributed by atoms with van der Waals surface area (Å²) in [6, 6.07) is 0.388. The van der Waals surface area contributed by atoms with Crippen LogP contribution in [-0.2, 0) is 0 Å². The quantitative estimate of drug-likeness (QED) is 0.708. The highest BCUT2D eigenvalue weighted by atomic mass is 79.9. The highest BCUT2D eigenvalue weighted by Crippen LogP contribution is 2.39. The minimum absolute atomic E-state index is 0. The number of halogens is 1. The molecule has 0 saturated heterocycles. The number of likely N-dealkylation sites (N-methyl/N-ethyl adjacent to an activating group) is 1. The van der Waals surface area contributed by atoms with Crippen molar-refractivity contribution in [2.45, 2.75) is 58.6 Å². The van der Waals surface area contributed by atoms with Crippen LogP contribution in [0.5, 0.6) is 0 Å². The van der Waals surface area contributed by atoms with Gasteiger partial charge in [0.2, 0.25) is 0 Å². The molecular formula is C14H30BrNO. The van der Waals surface area contributed by atoms with Crippen LogP contribution in [0.15, 0.2) is 0 Å². The van der Waals surface area contributed by atoms with E-state index in [2.05, 4.69) is 34.9 Å². The average Bonchev–Trinajstić information content (AvgIpc) is 2.16. The van der Waals surface area contributed by atoms with E-state index in [-0.39, 0.29) is 17.0 Å². The second-order valence-electron chi connectivity index (χ2n) is 6.75. The Morgan fingerprint density at radius 2 is 1.88 bits per heavy atom. The van der Waals surface area contributed by atoms with E-state index in [4.69, 9.17) is 0 Å². The Balaban J connectivity index is 0.00000256. The fourth-order valence-electron chi connectivity index (χ4n) is 3.17. The molecule has 17 heavy (non-hydrogen) atoms. The molecule has 0 bridgehead atoms. The molecule has 0 aliphatic heterocycles. The van der Waals surface area contributed by atoms with Gasteiger partial charge in [0.25, 0.3) is 0 Å². The van der Waals surface area contributed by atoms with E-state index in [0.29, 0.717) is 6.04 Å². The highest BCUT2D eigenvalue weighted by Gasteiger charge is 2.47. The highest BCUT2D eigenvalue weighted by molar-refractivity contribution is 4.91. The Bertz CT molecular complexity index is 230. The van der Waals surface area contributed by atoms with E-state index in [9.17, 15) is 5.11 Å². The average molecular weight is 308 g/mol. The molecule has 0 spiro atoms. The van der Waals surface area contributed by atoms with E-state index < -0.39 is 5.60 Å². The molecule has 1 aliphatic carbocycles. The molecule has 0 aromatic carbocycles. The maximum Gasteiger partial charge on any atom is 0.118 e.